The van der Waals surface area contributed by atoms with Crippen molar-refractivity contribution < 1.29 is 14.3 Å². The van der Waals surface area contributed by atoms with Crippen molar-refractivity contribution in [3.8, 4) is 22.6 Å². The largest absolute Gasteiger partial charge is 0.454 e. The predicted molar refractivity (Wildman–Crippen MR) is 182 cm³/mol. The number of rotatable bonds is 13. The first-order valence-corrected chi connectivity index (χ1v) is 16.8. The van der Waals surface area contributed by atoms with Gasteiger partial charge in [-0.1, -0.05) is 92.6 Å². The van der Waals surface area contributed by atoms with Crippen molar-refractivity contribution in [2.45, 2.75) is 58.4 Å². The third-order valence-corrected chi connectivity index (χ3v) is 9.35. The zero-order valence-electron chi connectivity index (χ0n) is 26.6. The van der Waals surface area contributed by atoms with Crippen LogP contribution in [0.4, 0.5) is 0 Å². The van der Waals surface area contributed by atoms with E-state index in [9.17, 15) is 4.79 Å². The molecular weight excluding hydrogens is 556 g/mol. The molecule has 5 heteroatoms. The van der Waals surface area contributed by atoms with Crippen molar-refractivity contribution in [1.29, 1.82) is 0 Å². The minimum atomic E-state index is 0.105. The molecule has 0 unspecified atom stereocenters. The fraction of sp³-hybridized carbons (Fsp3) is 0.375. The first-order chi connectivity index (χ1) is 22.1. The summed E-state index contributed by atoms with van der Waals surface area (Å²) in [6.07, 6.45) is 8.31. The summed E-state index contributed by atoms with van der Waals surface area (Å²) in [5.41, 5.74) is 6.86. The highest BCUT2D eigenvalue weighted by molar-refractivity contribution is 5.94. The number of hydrogen-bond donors (Lipinski definition) is 0. The van der Waals surface area contributed by atoms with Crippen molar-refractivity contribution >= 4 is 5.91 Å². The minimum absolute atomic E-state index is 0.105. The number of piperidine rings is 1. The Morgan fingerprint density at radius 2 is 1.49 bits per heavy atom. The van der Waals surface area contributed by atoms with Crippen molar-refractivity contribution in [1.82, 2.24) is 9.80 Å². The van der Waals surface area contributed by atoms with E-state index < -0.39 is 0 Å². The van der Waals surface area contributed by atoms with Gasteiger partial charge >= 0.3 is 0 Å². The maximum absolute atomic E-state index is 13.9. The van der Waals surface area contributed by atoms with Gasteiger partial charge in [0.2, 0.25) is 6.79 Å². The summed E-state index contributed by atoms with van der Waals surface area (Å²) >= 11 is 0. The number of benzene rings is 4. The number of carbonyl (C=O) groups is 1. The maximum atomic E-state index is 13.9. The average molecular weight is 603 g/mol. The fourth-order valence-corrected chi connectivity index (χ4v) is 6.55. The summed E-state index contributed by atoms with van der Waals surface area (Å²) < 4.78 is 11.0. The van der Waals surface area contributed by atoms with E-state index >= 15 is 0 Å². The summed E-state index contributed by atoms with van der Waals surface area (Å²) in [4.78, 5) is 18.5. The lowest BCUT2D eigenvalue weighted by atomic mass is 9.90. The SMILES string of the molecule is CCCCCc1ccc(C(=O)N(CCN2CCC(Cc3ccccc3)CC2)Cc2ccc(-c3ccc4c(c3)OCO4)cc2)cc1. The van der Waals surface area contributed by atoms with Gasteiger partial charge in [0.05, 0.1) is 0 Å². The molecule has 0 radical (unpaired) electrons. The summed E-state index contributed by atoms with van der Waals surface area (Å²) in [7, 11) is 0. The minimum Gasteiger partial charge on any atom is -0.454 e. The quantitative estimate of drug-likeness (QED) is 0.144. The molecule has 2 heterocycles. The monoisotopic (exact) mass is 602 g/mol. The number of nitrogens with zero attached hydrogens (tertiary/aromatic N) is 2. The van der Waals surface area contributed by atoms with Crippen LogP contribution in [-0.2, 0) is 19.4 Å². The van der Waals surface area contributed by atoms with E-state index in [2.05, 4.69) is 84.6 Å². The summed E-state index contributed by atoms with van der Waals surface area (Å²) in [5, 5.41) is 0. The van der Waals surface area contributed by atoms with Crippen LogP contribution < -0.4 is 9.47 Å². The van der Waals surface area contributed by atoms with Crippen LogP contribution in [0.25, 0.3) is 11.1 Å². The van der Waals surface area contributed by atoms with Crippen LogP contribution in [0, 0.1) is 5.92 Å². The van der Waals surface area contributed by atoms with E-state index in [0.29, 0.717) is 13.1 Å². The molecule has 5 nitrogen and oxygen atoms in total. The highest BCUT2D eigenvalue weighted by atomic mass is 16.7. The molecule has 0 aromatic heterocycles. The van der Waals surface area contributed by atoms with Crippen LogP contribution in [0.15, 0.2) is 97.1 Å². The van der Waals surface area contributed by atoms with Gasteiger partial charge in [0, 0.05) is 25.2 Å². The number of unbranched alkanes of at least 4 members (excludes halogenated alkanes) is 2. The molecule has 0 atom stereocenters. The molecule has 0 saturated carbocycles. The Kier molecular flexibility index (Phi) is 10.5. The summed E-state index contributed by atoms with van der Waals surface area (Å²) in [5.74, 6) is 2.42. The van der Waals surface area contributed by atoms with E-state index in [0.717, 1.165) is 72.1 Å². The Morgan fingerprint density at radius 3 is 2.24 bits per heavy atom. The normalized spacial score (nSPS) is 14.9. The smallest absolute Gasteiger partial charge is 0.254 e. The van der Waals surface area contributed by atoms with Gasteiger partial charge in [0.25, 0.3) is 5.91 Å². The lowest BCUT2D eigenvalue weighted by Gasteiger charge is -2.34. The van der Waals surface area contributed by atoms with E-state index in [1.165, 1.54) is 43.2 Å². The highest BCUT2D eigenvalue weighted by Crippen LogP contribution is 2.36. The Morgan fingerprint density at radius 1 is 0.778 bits per heavy atom. The molecule has 2 aliphatic rings. The number of hydrogen-bond acceptors (Lipinski definition) is 4. The Bertz CT molecular complexity index is 1510. The molecule has 1 saturated heterocycles. The first-order valence-electron chi connectivity index (χ1n) is 16.8. The Balaban J connectivity index is 1.10. The molecule has 4 aromatic carbocycles. The van der Waals surface area contributed by atoms with Crippen LogP contribution in [0.5, 0.6) is 11.5 Å². The lowest BCUT2D eigenvalue weighted by Crippen LogP contribution is -2.41. The third-order valence-electron chi connectivity index (χ3n) is 9.35. The average Bonchev–Trinajstić information content (AvgIpc) is 3.56. The molecule has 6 rings (SSSR count). The van der Waals surface area contributed by atoms with Gasteiger partial charge in [-0.05, 0) is 103 Å². The van der Waals surface area contributed by atoms with Gasteiger partial charge in [-0.2, -0.15) is 0 Å². The Hall–Kier alpha value is -4.09. The van der Waals surface area contributed by atoms with E-state index in [-0.39, 0.29) is 12.7 Å². The van der Waals surface area contributed by atoms with Crippen LogP contribution in [0.2, 0.25) is 0 Å². The van der Waals surface area contributed by atoms with Gasteiger partial charge in [0.15, 0.2) is 11.5 Å². The second-order valence-corrected chi connectivity index (χ2v) is 12.6. The zero-order valence-corrected chi connectivity index (χ0v) is 26.6. The van der Waals surface area contributed by atoms with Gasteiger partial charge in [-0.25, -0.2) is 0 Å². The lowest BCUT2D eigenvalue weighted by molar-refractivity contribution is 0.0707. The maximum Gasteiger partial charge on any atom is 0.254 e. The van der Waals surface area contributed by atoms with Gasteiger partial charge in [0.1, 0.15) is 0 Å². The van der Waals surface area contributed by atoms with Crippen molar-refractivity contribution in [3.63, 3.8) is 0 Å². The number of fused-ring (bicyclic) bond motifs is 1. The summed E-state index contributed by atoms with van der Waals surface area (Å²) in [6.45, 7) is 6.89. The van der Waals surface area contributed by atoms with Crippen LogP contribution in [0.3, 0.4) is 0 Å². The number of likely N-dealkylation sites (tertiary alicyclic amines) is 1. The van der Waals surface area contributed by atoms with E-state index in [1.807, 2.05) is 29.2 Å². The second-order valence-electron chi connectivity index (χ2n) is 12.6. The molecule has 45 heavy (non-hydrogen) atoms. The fourth-order valence-electron chi connectivity index (χ4n) is 6.55. The number of aryl methyl sites for hydroxylation is 1. The molecule has 0 spiro atoms. The zero-order chi connectivity index (χ0) is 30.8. The van der Waals surface area contributed by atoms with Crippen molar-refractivity contribution in [3.05, 3.63) is 119 Å². The molecular formula is C40H46N2O3. The third kappa shape index (κ3) is 8.34. The van der Waals surface area contributed by atoms with E-state index in [1.54, 1.807) is 0 Å². The van der Waals surface area contributed by atoms with E-state index in [4.69, 9.17) is 9.47 Å². The highest BCUT2D eigenvalue weighted by Gasteiger charge is 2.22. The van der Waals surface area contributed by atoms with Gasteiger partial charge in [-0.15, -0.1) is 0 Å². The number of amides is 1. The van der Waals surface area contributed by atoms with Gasteiger partial charge < -0.3 is 19.3 Å². The molecule has 0 aliphatic carbocycles. The molecule has 1 amide bonds. The molecule has 4 aromatic rings. The van der Waals surface area contributed by atoms with Crippen molar-refractivity contribution in [2.24, 2.45) is 5.92 Å². The number of carbonyl (C=O) groups excluding carboxylic acids is 1. The molecule has 2 aliphatic heterocycles. The van der Waals surface area contributed by atoms with Crippen LogP contribution in [-0.4, -0.2) is 48.7 Å². The molecule has 0 N–H and O–H groups in total. The topological polar surface area (TPSA) is 42.0 Å². The van der Waals surface area contributed by atoms with Crippen LogP contribution >= 0.6 is 0 Å². The molecule has 0 bridgehead atoms. The molecule has 234 valence electrons. The van der Waals surface area contributed by atoms with Gasteiger partial charge in [-0.3, -0.25) is 4.79 Å². The Labute approximate surface area is 268 Å². The second kappa shape index (κ2) is 15.3. The predicted octanol–water partition coefficient (Wildman–Crippen LogP) is 8.41. The summed E-state index contributed by atoms with van der Waals surface area (Å²) in [6, 6.07) is 33.8. The standard InChI is InChI=1S/C40H46N2O3/c1-2-3-5-8-31-11-17-36(18-12-31)40(43)42(26-25-41-23-21-33(22-24-41)27-32-9-6-4-7-10-32)29-34-13-15-35(16-14-34)37-19-20-38-39(28-37)45-30-44-38/h4,6-7,9-20,28,33H,2-3,5,8,21-27,29-30H2,1H3. The van der Waals surface area contributed by atoms with Crippen molar-refractivity contribution in [2.75, 3.05) is 33.0 Å². The van der Waals surface area contributed by atoms with Crippen LogP contribution in [0.1, 0.15) is 66.1 Å². The first kappa shape index (κ1) is 30.9. The number of ether oxygens (including phenoxy) is 2. The molecule has 1 fully saturated rings.